The van der Waals surface area contributed by atoms with Crippen LogP contribution in [0.25, 0.3) is 0 Å². The highest BCUT2D eigenvalue weighted by Crippen LogP contribution is 2.14. The van der Waals surface area contributed by atoms with E-state index in [1.807, 2.05) is 12.1 Å². The number of methoxy groups -OCH3 is 1. The van der Waals surface area contributed by atoms with Crippen LogP contribution < -0.4 is 10.1 Å². The summed E-state index contributed by atoms with van der Waals surface area (Å²) in [4.78, 5) is 2.39. The summed E-state index contributed by atoms with van der Waals surface area (Å²) in [5.41, 5.74) is 1.34. The van der Waals surface area contributed by atoms with Crippen molar-refractivity contribution in [2.45, 2.75) is 19.0 Å². The van der Waals surface area contributed by atoms with Crippen LogP contribution in [0, 0.1) is 0 Å². The van der Waals surface area contributed by atoms with Crippen molar-refractivity contribution in [3.63, 3.8) is 0 Å². The van der Waals surface area contributed by atoms with Gasteiger partial charge in [-0.15, -0.1) is 0 Å². The summed E-state index contributed by atoms with van der Waals surface area (Å²) in [6, 6.07) is 9.04. The molecule has 1 aliphatic heterocycles. The van der Waals surface area contributed by atoms with E-state index < -0.39 is 0 Å². The Morgan fingerprint density at radius 3 is 2.79 bits per heavy atom. The van der Waals surface area contributed by atoms with E-state index in [0.717, 1.165) is 25.4 Å². The molecule has 1 N–H and O–H groups in total. The first-order chi connectivity index (χ1) is 9.28. The minimum atomic E-state index is 0.692. The van der Waals surface area contributed by atoms with Crippen molar-refractivity contribution in [1.29, 1.82) is 0 Å². The summed E-state index contributed by atoms with van der Waals surface area (Å²) in [5, 5.41) is 3.59. The third-order valence-corrected chi connectivity index (χ3v) is 4.60. The van der Waals surface area contributed by atoms with Crippen LogP contribution in [0.5, 0.6) is 5.75 Å². The molecule has 0 aromatic heterocycles. The summed E-state index contributed by atoms with van der Waals surface area (Å²) in [6.07, 6.45) is 1.24. The van der Waals surface area contributed by atoms with Crippen molar-refractivity contribution in [3.8, 4) is 5.75 Å². The Morgan fingerprint density at radius 1 is 1.37 bits per heavy atom. The maximum absolute atomic E-state index is 5.18. The number of benzene rings is 1. The predicted molar refractivity (Wildman–Crippen MR) is 83.1 cm³/mol. The van der Waals surface area contributed by atoms with Crippen LogP contribution in [0.4, 0.5) is 0 Å². The second kappa shape index (κ2) is 7.78. The van der Waals surface area contributed by atoms with E-state index >= 15 is 0 Å². The minimum absolute atomic E-state index is 0.692. The molecule has 0 radical (unpaired) electrons. The topological polar surface area (TPSA) is 24.5 Å². The lowest BCUT2D eigenvalue weighted by Gasteiger charge is -2.25. The van der Waals surface area contributed by atoms with E-state index in [-0.39, 0.29) is 0 Å². The van der Waals surface area contributed by atoms with Gasteiger partial charge in [0.15, 0.2) is 0 Å². The summed E-state index contributed by atoms with van der Waals surface area (Å²) in [5.74, 6) is 3.45. The molecule has 1 unspecified atom stereocenters. The van der Waals surface area contributed by atoms with Crippen molar-refractivity contribution >= 4 is 11.8 Å². The quantitative estimate of drug-likeness (QED) is 0.863. The van der Waals surface area contributed by atoms with E-state index in [1.54, 1.807) is 7.11 Å². The molecular formula is C15H24N2OS. The van der Waals surface area contributed by atoms with Gasteiger partial charge in [0.1, 0.15) is 5.75 Å². The molecule has 0 aliphatic carbocycles. The van der Waals surface area contributed by atoms with E-state index in [0.29, 0.717) is 6.04 Å². The second-order valence-corrected chi connectivity index (χ2v) is 6.25. The number of thioether (sulfide) groups is 1. The van der Waals surface area contributed by atoms with Crippen LogP contribution in [0.15, 0.2) is 24.3 Å². The maximum atomic E-state index is 5.18. The Kier molecular flexibility index (Phi) is 6.01. The number of nitrogens with one attached hydrogen (secondary N) is 1. The van der Waals surface area contributed by atoms with E-state index in [9.17, 15) is 0 Å². The minimum Gasteiger partial charge on any atom is -0.497 e. The van der Waals surface area contributed by atoms with Crippen molar-refractivity contribution in [3.05, 3.63) is 29.8 Å². The van der Waals surface area contributed by atoms with Crippen molar-refractivity contribution in [2.75, 3.05) is 38.8 Å². The zero-order valence-corrected chi connectivity index (χ0v) is 12.7. The molecule has 3 nitrogen and oxygen atoms in total. The van der Waals surface area contributed by atoms with Crippen LogP contribution in [-0.2, 0) is 6.54 Å². The first-order valence-corrected chi connectivity index (χ1v) is 8.06. The molecule has 2 rings (SSSR count). The first kappa shape index (κ1) is 14.7. The molecule has 0 amide bonds. The number of rotatable bonds is 6. The van der Waals surface area contributed by atoms with Crippen LogP contribution in [-0.4, -0.2) is 49.7 Å². The van der Waals surface area contributed by atoms with E-state index in [4.69, 9.17) is 4.74 Å². The summed E-state index contributed by atoms with van der Waals surface area (Å²) >= 11 is 2.07. The van der Waals surface area contributed by atoms with E-state index in [2.05, 4.69) is 41.2 Å². The summed E-state index contributed by atoms with van der Waals surface area (Å²) < 4.78 is 5.18. The fourth-order valence-corrected chi connectivity index (χ4v) is 3.30. The maximum Gasteiger partial charge on any atom is 0.118 e. The molecule has 1 aromatic rings. The standard InChI is InChI=1S/C15H24N2OS/c1-17(9-7-14-12-19-10-8-16-14)11-13-3-5-15(18-2)6-4-13/h3-6,14,16H,7-12H2,1-2H3. The predicted octanol–water partition coefficient (Wildman–Crippen LogP) is 2.22. The molecule has 0 bridgehead atoms. The third kappa shape index (κ3) is 5.05. The monoisotopic (exact) mass is 280 g/mol. The molecule has 1 saturated heterocycles. The largest absolute Gasteiger partial charge is 0.497 e. The molecular weight excluding hydrogens is 256 g/mol. The highest BCUT2D eigenvalue weighted by atomic mass is 32.2. The van der Waals surface area contributed by atoms with Gasteiger partial charge in [0.05, 0.1) is 7.11 Å². The van der Waals surface area contributed by atoms with Gasteiger partial charge < -0.3 is 15.0 Å². The Balaban J connectivity index is 1.71. The van der Waals surface area contributed by atoms with Gasteiger partial charge in [-0.3, -0.25) is 0 Å². The highest BCUT2D eigenvalue weighted by molar-refractivity contribution is 7.99. The average Bonchev–Trinajstić information content (AvgIpc) is 2.47. The lowest BCUT2D eigenvalue weighted by molar-refractivity contribution is 0.304. The Labute approximate surface area is 120 Å². The van der Waals surface area contributed by atoms with Gasteiger partial charge in [0, 0.05) is 30.6 Å². The van der Waals surface area contributed by atoms with Gasteiger partial charge in [-0.05, 0) is 37.7 Å². The fraction of sp³-hybridized carbons (Fsp3) is 0.600. The molecule has 0 spiro atoms. The zero-order chi connectivity index (χ0) is 13.5. The third-order valence-electron chi connectivity index (χ3n) is 3.47. The number of nitrogens with zero attached hydrogens (tertiary/aromatic N) is 1. The first-order valence-electron chi connectivity index (χ1n) is 6.90. The smallest absolute Gasteiger partial charge is 0.118 e. The van der Waals surface area contributed by atoms with Gasteiger partial charge >= 0.3 is 0 Å². The molecule has 1 aromatic carbocycles. The number of hydrogen-bond acceptors (Lipinski definition) is 4. The van der Waals surface area contributed by atoms with Gasteiger partial charge in [-0.2, -0.15) is 11.8 Å². The number of hydrogen-bond donors (Lipinski definition) is 1. The molecule has 106 valence electrons. The molecule has 1 atom stereocenters. The Hall–Kier alpha value is -0.710. The lowest BCUT2D eigenvalue weighted by Crippen LogP contribution is -2.39. The Morgan fingerprint density at radius 2 is 2.16 bits per heavy atom. The van der Waals surface area contributed by atoms with E-state index in [1.165, 1.54) is 23.5 Å². The van der Waals surface area contributed by atoms with Crippen molar-refractivity contribution in [2.24, 2.45) is 0 Å². The van der Waals surface area contributed by atoms with Gasteiger partial charge in [-0.25, -0.2) is 0 Å². The zero-order valence-electron chi connectivity index (χ0n) is 11.9. The van der Waals surface area contributed by atoms with Crippen LogP contribution in [0.2, 0.25) is 0 Å². The highest BCUT2D eigenvalue weighted by Gasteiger charge is 2.13. The molecule has 1 fully saturated rings. The lowest BCUT2D eigenvalue weighted by atomic mass is 10.2. The summed E-state index contributed by atoms with van der Waals surface area (Å²) in [6.45, 7) is 3.31. The van der Waals surface area contributed by atoms with Gasteiger partial charge in [0.2, 0.25) is 0 Å². The number of ether oxygens (including phenoxy) is 1. The molecule has 19 heavy (non-hydrogen) atoms. The molecule has 0 saturated carbocycles. The normalized spacial score (nSPS) is 19.6. The van der Waals surface area contributed by atoms with Crippen molar-refractivity contribution < 1.29 is 4.74 Å². The van der Waals surface area contributed by atoms with Crippen LogP contribution in [0.3, 0.4) is 0 Å². The van der Waals surface area contributed by atoms with Crippen molar-refractivity contribution in [1.82, 2.24) is 10.2 Å². The molecule has 1 heterocycles. The average molecular weight is 280 g/mol. The fourth-order valence-electron chi connectivity index (χ4n) is 2.30. The SMILES string of the molecule is COc1ccc(CN(C)CCC2CSCCN2)cc1. The van der Waals surface area contributed by atoms with Crippen LogP contribution >= 0.6 is 11.8 Å². The second-order valence-electron chi connectivity index (χ2n) is 5.10. The Bertz CT molecular complexity index is 363. The molecule has 1 aliphatic rings. The molecule has 4 heteroatoms. The summed E-state index contributed by atoms with van der Waals surface area (Å²) in [7, 11) is 3.90. The van der Waals surface area contributed by atoms with Gasteiger partial charge in [0.25, 0.3) is 0 Å². The van der Waals surface area contributed by atoms with Gasteiger partial charge in [-0.1, -0.05) is 12.1 Å². The van der Waals surface area contributed by atoms with Crippen LogP contribution in [0.1, 0.15) is 12.0 Å².